The van der Waals surface area contributed by atoms with Gasteiger partial charge in [0.1, 0.15) is 0 Å². The summed E-state index contributed by atoms with van der Waals surface area (Å²) >= 11 is 3.34. The van der Waals surface area contributed by atoms with Crippen molar-refractivity contribution in [3.63, 3.8) is 0 Å². The normalized spacial score (nSPS) is 11.6. The molecule has 1 aromatic heterocycles. The molecule has 0 atom stereocenters. The van der Waals surface area contributed by atoms with E-state index in [1.165, 1.54) is 12.1 Å². The Labute approximate surface area is 125 Å². The van der Waals surface area contributed by atoms with Crippen LogP contribution in [0.1, 0.15) is 37.0 Å². The van der Waals surface area contributed by atoms with Crippen molar-refractivity contribution in [2.45, 2.75) is 27.2 Å². The summed E-state index contributed by atoms with van der Waals surface area (Å²) < 4.78 is 5.85. The molecule has 5 nitrogen and oxygen atoms in total. The van der Waals surface area contributed by atoms with E-state index in [0.717, 1.165) is 0 Å². The molecule has 1 aromatic carbocycles. The molecule has 20 heavy (non-hydrogen) atoms. The topological polar surface area (TPSA) is 76.2 Å². The number of aromatic carboxylic acids is 1. The molecule has 0 fully saturated rings. The zero-order valence-corrected chi connectivity index (χ0v) is 13.1. The van der Waals surface area contributed by atoms with Crippen molar-refractivity contribution in [2.24, 2.45) is 5.41 Å². The first-order valence-electron chi connectivity index (χ1n) is 6.12. The minimum atomic E-state index is -0.973. The van der Waals surface area contributed by atoms with Gasteiger partial charge in [-0.25, -0.2) is 4.79 Å². The molecule has 2 aromatic rings. The molecule has 0 spiro atoms. The first-order chi connectivity index (χ1) is 9.26. The van der Waals surface area contributed by atoms with Crippen LogP contribution in [0, 0.1) is 5.41 Å². The molecule has 1 N–H and O–H groups in total. The van der Waals surface area contributed by atoms with Crippen LogP contribution < -0.4 is 0 Å². The third-order valence-corrected chi connectivity index (χ3v) is 3.26. The number of rotatable bonds is 3. The van der Waals surface area contributed by atoms with Crippen LogP contribution in [0.4, 0.5) is 0 Å². The summed E-state index contributed by atoms with van der Waals surface area (Å²) in [6.45, 7) is 6.28. The van der Waals surface area contributed by atoms with E-state index >= 15 is 0 Å². The SMILES string of the molecule is CC(C)(C)Cc1nc(-c2ccc(C(=O)O)cc2Br)no1. The summed E-state index contributed by atoms with van der Waals surface area (Å²) in [5.74, 6) is 0.0496. The Morgan fingerprint density at radius 1 is 1.40 bits per heavy atom. The Balaban J connectivity index is 2.31. The first kappa shape index (κ1) is 14.7. The second-order valence-corrected chi connectivity index (χ2v) is 6.60. The number of carbonyl (C=O) groups is 1. The molecule has 0 saturated heterocycles. The Hall–Kier alpha value is -1.69. The Bertz CT molecular complexity index is 644. The van der Waals surface area contributed by atoms with Gasteiger partial charge in [-0.15, -0.1) is 0 Å². The third kappa shape index (κ3) is 3.45. The molecule has 0 saturated carbocycles. The Kier molecular flexibility index (Phi) is 3.94. The fourth-order valence-electron chi connectivity index (χ4n) is 1.72. The van der Waals surface area contributed by atoms with E-state index < -0.39 is 5.97 Å². The predicted molar refractivity (Wildman–Crippen MR) is 77.6 cm³/mol. The quantitative estimate of drug-likeness (QED) is 0.921. The number of benzene rings is 1. The lowest BCUT2D eigenvalue weighted by molar-refractivity contribution is 0.0697. The molecule has 106 valence electrons. The second-order valence-electron chi connectivity index (χ2n) is 5.75. The molecule has 6 heteroatoms. The molecule has 0 aliphatic carbocycles. The fraction of sp³-hybridized carbons (Fsp3) is 0.357. The summed E-state index contributed by atoms with van der Waals surface area (Å²) in [6, 6.07) is 4.71. The van der Waals surface area contributed by atoms with E-state index in [-0.39, 0.29) is 11.0 Å². The number of hydrogen-bond donors (Lipinski definition) is 1. The third-order valence-electron chi connectivity index (χ3n) is 2.61. The molecule has 2 rings (SSSR count). The number of hydrogen-bond acceptors (Lipinski definition) is 4. The summed E-state index contributed by atoms with van der Waals surface area (Å²) in [4.78, 5) is 15.2. The minimum absolute atomic E-state index is 0.0637. The van der Waals surface area contributed by atoms with Gasteiger partial charge < -0.3 is 9.63 Å². The number of nitrogens with zero attached hydrogens (tertiary/aromatic N) is 2. The molecular weight excluding hydrogens is 324 g/mol. The summed E-state index contributed by atoms with van der Waals surface area (Å²) in [5, 5.41) is 12.9. The maximum atomic E-state index is 10.9. The number of carboxylic acid groups (broad SMARTS) is 1. The highest BCUT2D eigenvalue weighted by Crippen LogP contribution is 2.28. The van der Waals surface area contributed by atoms with Crippen LogP contribution in [0.15, 0.2) is 27.2 Å². The lowest BCUT2D eigenvalue weighted by Gasteiger charge is -2.13. The zero-order chi connectivity index (χ0) is 14.9. The molecule has 0 unspecified atom stereocenters. The Morgan fingerprint density at radius 3 is 2.65 bits per heavy atom. The molecule has 0 amide bonds. The van der Waals surface area contributed by atoms with Gasteiger partial charge >= 0.3 is 5.97 Å². The van der Waals surface area contributed by atoms with Crippen LogP contribution in [0.5, 0.6) is 0 Å². The van der Waals surface area contributed by atoms with E-state index in [2.05, 4.69) is 46.8 Å². The molecule has 1 heterocycles. The molecular formula is C14H15BrN2O3. The zero-order valence-electron chi connectivity index (χ0n) is 11.5. The van der Waals surface area contributed by atoms with Gasteiger partial charge in [0, 0.05) is 16.5 Å². The Morgan fingerprint density at radius 2 is 2.10 bits per heavy atom. The molecule has 0 aliphatic rings. The predicted octanol–water partition coefficient (Wildman–Crippen LogP) is 3.79. The van der Waals surface area contributed by atoms with Gasteiger partial charge in [-0.2, -0.15) is 4.98 Å². The summed E-state index contributed by atoms with van der Waals surface area (Å²) in [5.41, 5.74) is 0.978. The minimum Gasteiger partial charge on any atom is -0.478 e. The fourth-order valence-corrected chi connectivity index (χ4v) is 2.28. The van der Waals surface area contributed by atoms with Crippen LogP contribution >= 0.6 is 15.9 Å². The van der Waals surface area contributed by atoms with Gasteiger partial charge in [-0.3, -0.25) is 0 Å². The summed E-state index contributed by atoms with van der Waals surface area (Å²) in [6.07, 6.45) is 0.685. The highest BCUT2D eigenvalue weighted by molar-refractivity contribution is 9.10. The van der Waals surface area contributed by atoms with E-state index in [1.54, 1.807) is 6.07 Å². The van der Waals surface area contributed by atoms with Crippen LogP contribution in [0.2, 0.25) is 0 Å². The van der Waals surface area contributed by atoms with E-state index in [1.807, 2.05) is 0 Å². The number of carboxylic acids is 1. The lowest BCUT2D eigenvalue weighted by Crippen LogP contribution is -2.09. The van der Waals surface area contributed by atoms with Crippen molar-refractivity contribution in [2.75, 3.05) is 0 Å². The van der Waals surface area contributed by atoms with Crippen molar-refractivity contribution in [3.05, 3.63) is 34.1 Å². The van der Waals surface area contributed by atoms with Crippen molar-refractivity contribution in [3.8, 4) is 11.4 Å². The first-order valence-corrected chi connectivity index (χ1v) is 6.91. The van der Waals surface area contributed by atoms with Crippen LogP contribution in [-0.4, -0.2) is 21.2 Å². The average Bonchev–Trinajstić information content (AvgIpc) is 2.74. The number of halogens is 1. The average molecular weight is 339 g/mol. The van der Waals surface area contributed by atoms with Gasteiger partial charge in [-0.1, -0.05) is 41.9 Å². The highest BCUT2D eigenvalue weighted by Gasteiger charge is 2.18. The molecule has 0 radical (unpaired) electrons. The summed E-state index contributed by atoms with van der Waals surface area (Å²) in [7, 11) is 0. The van der Waals surface area contributed by atoms with Crippen molar-refractivity contribution < 1.29 is 14.4 Å². The van der Waals surface area contributed by atoms with E-state index in [4.69, 9.17) is 9.63 Å². The van der Waals surface area contributed by atoms with Crippen LogP contribution in [0.25, 0.3) is 11.4 Å². The maximum Gasteiger partial charge on any atom is 0.335 e. The van der Waals surface area contributed by atoms with E-state index in [9.17, 15) is 4.79 Å². The van der Waals surface area contributed by atoms with E-state index in [0.29, 0.717) is 28.2 Å². The second kappa shape index (κ2) is 5.36. The van der Waals surface area contributed by atoms with Crippen molar-refractivity contribution in [1.82, 2.24) is 10.1 Å². The van der Waals surface area contributed by atoms with Gasteiger partial charge in [0.25, 0.3) is 0 Å². The van der Waals surface area contributed by atoms with Gasteiger partial charge in [-0.05, 0) is 23.6 Å². The van der Waals surface area contributed by atoms with Gasteiger partial charge in [0.05, 0.1) is 5.56 Å². The number of aromatic nitrogens is 2. The van der Waals surface area contributed by atoms with Crippen molar-refractivity contribution >= 4 is 21.9 Å². The maximum absolute atomic E-state index is 10.9. The van der Waals surface area contributed by atoms with Crippen LogP contribution in [0.3, 0.4) is 0 Å². The lowest BCUT2D eigenvalue weighted by atomic mass is 9.92. The monoisotopic (exact) mass is 338 g/mol. The van der Waals surface area contributed by atoms with Gasteiger partial charge in [0.2, 0.25) is 11.7 Å². The molecule has 0 bridgehead atoms. The largest absolute Gasteiger partial charge is 0.478 e. The molecule has 0 aliphatic heterocycles. The van der Waals surface area contributed by atoms with Crippen LogP contribution in [-0.2, 0) is 6.42 Å². The standard InChI is InChI=1S/C14H15BrN2O3/c1-14(2,3)7-11-16-12(17-20-11)9-5-4-8(13(18)19)6-10(9)15/h4-6H,7H2,1-3H3,(H,18,19). The highest BCUT2D eigenvalue weighted by atomic mass is 79.9. The smallest absolute Gasteiger partial charge is 0.335 e. The van der Waals surface area contributed by atoms with Gasteiger partial charge in [0.15, 0.2) is 0 Å². The van der Waals surface area contributed by atoms with Crippen molar-refractivity contribution in [1.29, 1.82) is 0 Å².